The largest absolute Gasteiger partial charge is 0.490 e. The van der Waals surface area contributed by atoms with Crippen molar-refractivity contribution < 1.29 is 19.1 Å². The maximum absolute atomic E-state index is 12.3. The third-order valence-electron chi connectivity index (χ3n) is 3.13. The normalized spacial score (nSPS) is 14.2. The SMILES string of the molecule is C=C1C=C(OC(C)C)c2cc(NC(=O)OC(C)(C)C)ccc2C1=O. The maximum Gasteiger partial charge on any atom is 0.412 e. The second-order valence-corrected chi connectivity index (χ2v) is 6.92. The van der Waals surface area contributed by atoms with Crippen LogP contribution >= 0.6 is 0 Å². The van der Waals surface area contributed by atoms with Gasteiger partial charge in [-0.25, -0.2) is 4.79 Å². The van der Waals surface area contributed by atoms with Gasteiger partial charge in [-0.1, -0.05) is 6.58 Å². The molecule has 1 amide bonds. The third kappa shape index (κ3) is 4.25. The Morgan fingerprint density at radius 3 is 2.46 bits per heavy atom. The van der Waals surface area contributed by atoms with Crippen molar-refractivity contribution in [3.05, 3.63) is 47.6 Å². The van der Waals surface area contributed by atoms with E-state index in [9.17, 15) is 9.59 Å². The Morgan fingerprint density at radius 2 is 1.88 bits per heavy atom. The molecular formula is C19H23NO4. The molecule has 1 aromatic carbocycles. The van der Waals surface area contributed by atoms with Crippen LogP contribution in [0.15, 0.2) is 36.4 Å². The highest BCUT2D eigenvalue weighted by atomic mass is 16.6. The summed E-state index contributed by atoms with van der Waals surface area (Å²) in [5, 5.41) is 2.67. The van der Waals surface area contributed by atoms with Crippen molar-refractivity contribution in [3.63, 3.8) is 0 Å². The fourth-order valence-electron chi connectivity index (χ4n) is 2.27. The van der Waals surface area contributed by atoms with Crippen molar-refractivity contribution in [2.24, 2.45) is 0 Å². The van der Waals surface area contributed by atoms with Crippen LogP contribution in [0.5, 0.6) is 0 Å². The molecule has 0 unspecified atom stereocenters. The summed E-state index contributed by atoms with van der Waals surface area (Å²) in [4.78, 5) is 24.2. The van der Waals surface area contributed by atoms with Gasteiger partial charge in [0.05, 0.1) is 6.10 Å². The van der Waals surface area contributed by atoms with E-state index in [0.717, 1.165) is 0 Å². The first-order valence-electron chi connectivity index (χ1n) is 7.83. The summed E-state index contributed by atoms with van der Waals surface area (Å²) < 4.78 is 11.0. The smallest absolute Gasteiger partial charge is 0.412 e. The van der Waals surface area contributed by atoms with E-state index in [1.165, 1.54) is 0 Å². The molecule has 24 heavy (non-hydrogen) atoms. The Hall–Kier alpha value is -2.56. The number of fused-ring (bicyclic) bond motifs is 1. The Balaban J connectivity index is 2.32. The molecular weight excluding hydrogens is 306 g/mol. The van der Waals surface area contributed by atoms with E-state index in [-0.39, 0.29) is 11.9 Å². The molecule has 0 spiro atoms. The van der Waals surface area contributed by atoms with Crippen LogP contribution in [0.4, 0.5) is 10.5 Å². The number of carbonyl (C=O) groups excluding carboxylic acids is 2. The second-order valence-electron chi connectivity index (χ2n) is 6.92. The van der Waals surface area contributed by atoms with Gasteiger partial charge in [0.25, 0.3) is 0 Å². The molecule has 1 aliphatic rings. The Kier molecular flexibility index (Phi) is 4.83. The van der Waals surface area contributed by atoms with E-state index in [1.54, 1.807) is 45.0 Å². The molecule has 128 valence electrons. The highest BCUT2D eigenvalue weighted by Gasteiger charge is 2.24. The second kappa shape index (κ2) is 6.51. The standard InChI is InChI=1S/C19H23NO4/c1-11(2)23-16-9-12(3)17(21)14-8-7-13(10-15(14)16)20-18(22)24-19(4,5)6/h7-11H,3H2,1-2,4-6H3,(H,20,22). The first-order chi connectivity index (χ1) is 11.1. The number of carbonyl (C=O) groups is 2. The van der Waals surface area contributed by atoms with Crippen LogP contribution in [-0.2, 0) is 9.47 Å². The Morgan fingerprint density at radius 1 is 1.21 bits per heavy atom. The van der Waals surface area contributed by atoms with E-state index in [0.29, 0.717) is 28.1 Å². The first kappa shape index (κ1) is 17.8. The fourth-order valence-corrected chi connectivity index (χ4v) is 2.27. The number of anilines is 1. The van der Waals surface area contributed by atoms with Crippen molar-refractivity contribution in [1.82, 2.24) is 0 Å². The number of Topliss-reactive ketones (excluding diaryl/α,β-unsaturated/α-hetero) is 1. The predicted octanol–water partition coefficient (Wildman–Crippen LogP) is 4.55. The van der Waals surface area contributed by atoms with Crippen molar-refractivity contribution >= 4 is 23.3 Å². The lowest BCUT2D eigenvalue weighted by atomic mass is 9.91. The molecule has 0 fully saturated rings. The average molecular weight is 329 g/mol. The maximum atomic E-state index is 12.3. The minimum Gasteiger partial charge on any atom is -0.490 e. The topological polar surface area (TPSA) is 64.6 Å². The summed E-state index contributed by atoms with van der Waals surface area (Å²) in [7, 11) is 0. The molecule has 0 radical (unpaired) electrons. The first-order valence-corrected chi connectivity index (χ1v) is 7.83. The molecule has 2 rings (SSSR count). The van der Waals surface area contributed by atoms with Gasteiger partial charge < -0.3 is 9.47 Å². The Bertz CT molecular complexity index is 723. The molecule has 1 N–H and O–H groups in total. The monoisotopic (exact) mass is 329 g/mol. The summed E-state index contributed by atoms with van der Waals surface area (Å²) in [5.74, 6) is 0.419. The number of hydrogen-bond donors (Lipinski definition) is 1. The lowest BCUT2D eigenvalue weighted by Gasteiger charge is -2.22. The van der Waals surface area contributed by atoms with Gasteiger partial charge in [-0.2, -0.15) is 0 Å². The van der Waals surface area contributed by atoms with Crippen molar-refractivity contribution in [3.8, 4) is 0 Å². The Labute approximate surface area is 142 Å². The van der Waals surface area contributed by atoms with E-state index in [2.05, 4.69) is 11.9 Å². The van der Waals surface area contributed by atoms with Crippen LogP contribution in [0.2, 0.25) is 0 Å². The van der Waals surface area contributed by atoms with Gasteiger partial charge in [-0.3, -0.25) is 10.1 Å². The van der Waals surface area contributed by atoms with Crippen LogP contribution in [0.25, 0.3) is 5.76 Å². The van der Waals surface area contributed by atoms with Gasteiger partial charge in [0, 0.05) is 22.4 Å². The van der Waals surface area contributed by atoms with Crippen LogP contribution in [0, 0.1) is 0 Å². The molecule has 0 aromatic heterocycles. The number of ether oxygens (including phenoxy) is 2. The predicted molar refractivity (Wildman–Crippen MR) is 94.0 cm³/mol. The molecule has 5 nitrogen and oxygen atoms in total. The zero-order chi connectivity index (χ0) is 18.1. The van der Waals surface area contributed by atoms with Gasteiger partial charge in [-0.05, 0) is 58.9 Å². The minimum absolute atomic E-state index is 0.0485. The molecule has 0 bridgehead atoms. The third-order valence-corrected chi connectivity index (χ3v) is 3.13. The number of benzene rings is 1. The molecule has 0 saturated carbocycles. The van der Waals surface area contributed by atoms with Crippen LogP contribution < -0.4 is 5.32 Å². The lowest BCUT2D eigenvalue weighted by Crippen LogP contribution is -2.27. The van der Waals surface area contributed by atoms with Gasteiger partial charge in [0.1, 0.15) is 11.4 Å². The van der Waals surface area contributed by atoms with Crippen molar-refractivity contribution in [2.75, 3.05) is 5.32 Å². The van der Waals surface area contributed by atoms with Crippen molar-refractivity contribution in [1.29, 1.82) is 0 Å². The zero-order valence-corrected chi connectivity index (χ0v) is 14.7. The molecule has 0 heterocycles. The number of ketones is 1. The average Bonchev–Trinajstić information content (AvgIpc) is 2.41. The zero-order valence-electron chi connectivity index (χ0n) is 14.7. The quantitative estimate of drug-likeness (QED) is 0.826. The van der Waals surface area contributed by atoms with Crippen LogP contribution in [0.3, 0.4) is 0 Å². The molecule has 1 aliphatic carbocycles. The molecule has 0 atom stereocenters. The molecule has 0 aliphatic heterocycles. The summed E-state index contributed by atoms with van der Waals surface area (Å²) in [6.45, 7) is 13.0. The molecule has 5 heteroatoms. The number of amides is 1. The van der Waals surface area contributed by atoms with Crippen LogP contribution in [-0.4, -0.2) is 23.6 Å². The van der Waals surface area contributed by atoms with E-state index in [1.807, 2.05) is 13.8 Å². The summed E-state index contributed by atoms with van der Waals surface area (Å²) in [6, 6.07) is 5.02. The van der Waals surface area contributed by atoms with E-state index < -0.39 is 11.7 Å². The summed E-state index contributed by atoms with van der Waals surface area (Å²) >= 11 is 0. The summed E-state index contributed by atoms with van der Waals surface area (Å²) in [5.41, 5.74) is 1.47. The van der Waals surface area contributed by atoms with Gasteiger partial charge in [-0.15, -0.1) is 0 Å². The van der Waals surface area contributed by atoms with E-state index in [4.69, 9.17) is 9.47 Å². The minimum atomic E-state index is -0.586. The van der Waals surface area contributed by atoms with Crippen molar-refractivity contribution in [2.45, 2.75) is 46.3 Å². The van der Waals surface area contributed by atoms with Crippen LogP contribution in [0.1, 0.15) is 50.5 Å². The van der Waals surface area contributed by atoms with Gasteiger partial charge in [0.15, 0.2) is 5.78 Å². The fraction of sp³-hybridized carbons (Fsp3) is 0.368. The van der Waals surface area contributed by atoms with E-state index >= 15 is 0 Å². The van der Waals surface area contributed by atoms with Gasteiger partial charge >= 0.3 is 6.09 Å². The molecule has 1 aromatic rings. The number of hydrogen-bond acceptors (Lipinski definition) is 4. The molecule has 0 saturated heterocycles. The number of allylic oxidation sites excluding steroid dienone is 2. The van der Waals surface area contributed by atoms with Gasteiger partial charge in [0.2, 0.25) is 0 Å². The lowest BCUT2D eigenvalue weighted by molar-refractivity contribution is 0.0636. The number of rotatable bonds is 3. The highest BCUT2D eigenvalue weighted by Crippen LogP contribution is 2.32. The highest BCUT2D eigenvalue weighted by molar-refractivity contribution is 6.16. The number of nitrogens with one attached hydrogen (secondary N) is 1. The summed E-state index contributed by atoms with van der Waals surface area (Å²) in [6.07, 6.45) is 1.03.